The number of aromatic carboxylic acids is 1. The van der Waals surface area contributed by atoms with Crippen LogP contribution in [0, 0.1) is 13.8 Å². The van der Waals surface area contributed by atoms with E-state index in [0.29, 0.717) is 17.7 Å². The normalized spacial score (nSPS) is 10.1. The van der Waals surface area contributed by atoms with Crippen LogP contribution in [0.3, 0.4) is 0 Å². The zero-order valence-electron chi connectivity index (χ0n) is 10.3. The lowest BCUT2D eigenvalue weighted by Crippen LogP contribution is -2.27. The number of amides is 1. The fourth-order valence-electron chi connectivity index (χ4n) is 1.71. The van der Waals surface area contributed by atoms with E-state index < -0.39 is 5.97 Å². The highest BCUT2D eigenvalue weighted by molar-refractivity contribution is 6.06. The fourth-order valence-corrected chi connectivity index (χ4v) is 1.71. The van der Waals surface area contributed by atoms with Crippen molar-refractivity contribution in [1.29, 1.82) is 0 Å². The summed E-state index contributed by atoms with van der Waals surface area (Å²) in [7, 11) is 0. The Hall–Kier alpha value is -1.84. The summed E-state index contributed by atoms with van der Waals surface area (Å²) in [6.45, 7) is 5.93. The van der Waals surface area contributed by atoms with E-state index in [-0.39, 0.29) is 17.0 Å². The van der Waals surface area contributed by atoms with Gasteiger partial charge >= 0.3 is 5.97 Å². The highest BCUT2D eigenvalue weighted by Gasteiger charge is 2.20. The zero-order valence-corrected chi connectivity index (χ0v) is 10.3. The minimum absolute atomic E-state index is 0.0959. The summed E-state index contributed by atoms with van der Waals surface area (Å²) >= 11 is 0. The lowest BCUT2D eigenvalue weighted by Gasteiger charge is -2.12. The zero-order chi connectivity index (χ0) is 13.0. The van der Waals surface area contributed by atoms with Gasteiger partial charge in [0.1, 0.15) is 0 Å². The molecular weight excluding hydrogens is 218 g/mol. The van der Waals surface area contributed by atoms with Gasteiger partial charge in [0.05, 0.1) is 11.1 Å². The van der Waals surface area contributed by atoms with E-state index in [1.807, 2.05) is 6.92 Å². The van der Waals surface area contributed by atoms with Crippen molar-refractivity contribution in [3.8, 4) is 0 Å². The van der Waals surface area contributed by atoms with Gasteiger partial charge in [-0.05, 0) is 31.4 Å². The van der Waals surface area contributed by atoms with Crippen molar-refractivity contribution in [2.45, 2.75) is 27.2 Å². The van der Waals surface area contributed by atoms with E-state index in [1.54, 1.807) is 26.0 Å². The van der Waals surface area contributed by atoms with Gasteiger partial charge in [-0.2, -0.15) is 0 Å². The van der Waals surface area contributed by atoms with Crippen molar-refractivity contribution in [2.75, 3.05) is 6.54 Å². The van der Waals surface area contributed by atoms with Crippen molar-refractivity contribution in [3.63, 3.8) is 0 Å². The monoisotopic (exact) mass is 235 g/mol. The molecule has 4 nitrogen and oxygen atoms in total. The average molecular weight is 235 g/mol. The fraction of sp³-hybridized carbons (Fsp3) is 0.385. The van der Waals surface area contributed by atoms with Gasteiger partial charge < -0.3 is 10.4 Å². The number of carboxylic acids is 1. The van der Waals surface area contributed by atoms with Gasteiger partial charge in [-0.1, -0.05) is 19.1 Å². The summed E-state index contributed by atoms with van der Waals surface area (Å²) in [4.78, 5) is 23.1. The van der Waals surface area contributed by atoms with Crippen LogP contribution in [0.5, 0.6) is 0 Å². The molecule has 0 aliphatic heterocycles. The van der Waals surface area contributed by atoms with E-state index in [2.05, 4.69) is 5.32 Å². The van der Waals surface area contributed by atoms with Gasteiger partial charge in [-0.15, -0.1) is 0 Å². The van der Waals surface area contributed by atoms with Crippen LogP contribution in [0.15, 0.2) is 12.1 Å². The molecule has 1 aromatic rings. The SMILES string of the molecule is CCCNC(=O)c1c(C)ccc(C)c1C(=O)O. The molecule has 0 fully saturated rings. The summed E-state index contributed by atoms with van der Waals surface area (Å²) in [6.07, 6.45) is 0.818. The number of aryl methyl sites for hydroxylation is 2. The van der Waals surface area contributed by atoms with Crippen LogP contribution in [0.25, 0.3) is 0 Å². The van der Waals surface area contributed by atoms with Gasteiger partial charge in [0.25, 0.3) is 5.91 Å². The summed E-state index contributed by atoms with van der Waals surface area (Å²) in [5, 5.41) is 11.9. The Bertz CT molecular complexity index is 452. The molecule has 92 valence electrons. The van der Waals surface area contributed by atoms with Gasteiger partial charge in [0, 0.05) is 6.54 Å². The van der Waals surface area contributed by atoms with E-state index in [1.165, 1.54) is 0 Å². The van der Waals surface area contributed by atoms with Crippen LogP contribution in [0.2, 0.25) is 0 Å². The van der Waals surface area contributed by atoms with E-state index in [4.69, 9.17) is 5.11 Å². The van der Waals surface area contributed by atoms with Crippen molar-refractivity contribution in [2.24, 2.45) is 0 Å². The largest absolute Gasteiger partial charge is 0.478 e. The molecule has 0 saturated heterocycles. The third kappa shape index (κ3) is 2.84. The smallest absolute Gasteiger partial charge is 0.336 e. The van der Waals surface area contributed by atoms with Crippen LogP contribution in [0.1, 0.15) is 45.2 Å². The molecule has 0 atom stereocenters. The Morgan fingerprint density at radius 1 is 1.18 bits per heavy atom. The third-order valence-electron chi connectivity index (χ3n) is 2.60. The van der Waals surface area contributed by atoms with E-state index in [9.17, 15) is 9.59 Å². The second kappa shape index (κ2) is 5.48. The molecule has 1 rings (SSSR count). The van der Waals surface area contributed by atoms with Crippen LogP contribution in [-0.4, -0.2) is 23.5 Å². The quantitative estimate of drug-likeness (QED) is 0.840. The van der Waals surface area contributed by atoms with Gasteiger partial charge in [-0.3, -0.25) is 4.79 Å². The predicted molar refractivity (Wildman–Crippen MR) is 65.5 cm³/mol. The second-order valence-corrected chi connectivity index (χ2v) is 4.01. The van der Waals surface area contributed by atoms with Crippen LogP contribution in [-0.2, 0) is 0 Å². The molecule has 0 saturated carbocycles. The first-order chi connectivity index (χ1) is 7.99. The number of nitrogens with one attached hydrogen (secondary N) is 1. The maximum absolute atomic E-state index is 11.9. The first kappa shape index (κ1) is 13.2. The number of carbonyl (C=O) groups is 2. The Labute approximate surface area is 101 Å². The highest BCUT2D eigenvalue weighted by atomic mass is 16.4. The van der Waals surface area contributed by atoms with Crippen LogP contribution >= 0.6 is 0 Å². The molecule has 0 aliphatic carbocycles. The lowest BCUT2D eigenvalue weighted by molar-refractivity contribution is 0.0690. The molecular formula is C13H17NO3. The second-order valence-electron chi connectivity index (χ2n) is 4.01. The van der Waals surface area contributed by atoms with Crippen molar-refractivity contribution >= 4 is 11.9 Å². The number of carboxylic acid groups (broad SMARTS) is 1. The number of benzene rings is 1. The molecule has 0 radical (unpaired) electrons. The van der Waals surface area contributed by atoms with E-state index in [0.717, 1.165) is 6.42 Å². The summed E-state index contributed by atoms with van der Waals surface area (Å²) in [5.74, 6) is -1.38. The topological polar surface area (TPSA) is 66.4 Å². The molecule has 0 aromatic heterocycles. The van der Waals surface area contributed by atoms with E-state index >= 15 is 0 Å². The van der Waals surface area contributed by atoms with Gasteiger partial charge in [0.2, 0.25) is 0 Å². The Balaban J connectivity index is 3.25. The predicted octanol–water partition coefficient (Wildman–Crippen LogP) is 2.14. The number of carbonyl (C=O) groups excluding carboxylic acids is 1. The lowest BCUT2D eigenvalue weighted by atomic mass is 9.96. The molecule has 0 aliphatic rings. The molecule has 0 bridgehead atoms. The molecule has 2 N–H and O–H groups in total. The first-order valence-electron chi connectivity index (χ1n) is 5.60. The van der Waals surface area contributed by atoms with Crippen molar-refractivity contribution in [1.82, 2.24) is 5.32 Å². The highest BCUT2D eigenvalue weighted by Crippen LogP contribution is 2.18. The molecule has 0 heterocycles. The Kier molecular flexibility index (Phi) is 4.26. The minimum Gasteiger partial charge on any atom is -0.478 e. The maximum atomic E-state index is 11.9. The number of rotatable bonds is 4. The van der Waals surface area contributed by atoms with Crippen LogP contribution in [0.4, 0.5) is 0 Å². The summed E-state index contributed by atoms with van der Waals surface area (Å²) < 4.78 is 0. The van der Waals surface area contributed by atoms with Gasteiger partial charge in [0.15, 0.2) is 0 Å². The first-order valence-corrected chi connectivity index (χ1v) is 5.60. The van der Waals surface area contributed by atoms with Crippen molar-refractivity contribution in [3.05, 3.63) is 34.4 Å². The van der Waals surface area contributed by atoms with Gasteiger partial charge in [-0.25, -0.2) is 4.79 Å². The Morgan fingerprint density at radius 3 is 2.18 bits per heavy atom. The molecule has 17 heavy (non-hydrogen) atoms. The average Bonchev–Trinajstić information content (AvgIpc) is 2.28. The molecule has 1 amide bonds. The molecule has 0 spiro atoms. The Morgan fingerprint density at radius 2 is 1.71 bits per heavy atom. The summed E-state index contributed by atoms with van der Waals surface area (Å²) in [6, 6.07) is 3.48. The standard InChI is InChI=1S/C13H17NO3/c1-4-7-14-12(15)10-8(2)5-6-9(3)11(10)13(16)17/h5-6H,4,7H2,1-3H3,(H,14,15)(H,16,17). The number of hydrogen-bond acceptors (Lipinski definition) is 2. The van der Waals surface area contributed by atoms with Crippen molar-refractivity contribution < 1.29 is 14.7 Å². The maximum Gasteiger partial charge on any atom is 0.336 e. The third-order valence-corrected chi connectivity index (χ3v) is 2.60. The number of hydrogen-bond donors (Lipinski definition) is 2. The molecule has 4 heteroatoms. The summed E-state index contributed by atoms with van der Waals surface area (Å²) in [5.41, 5.74) is 1.65. The molecule has 0 unspecified atom stereocenters. The minimum atomic E-state index is -1.06. The molecule has 1 aromatic carbocycles. The van der Waals surface area contributed by atoms with Crippen LogP contribution < -0.4 is 5.32 Å².